The zero-order chi connectivity index (χ0) is 32.2. The van der Waals surface area contributed by atoms with Gasteiger partial charge in [-0.15, -0.1) is 0 Å². The third kappa shape index (κ3) is 6.87. The summed E-state index contributed by atoms with van der Waals surface area (Å²) in [6.07, 6.45) is 0. The van der Waals surface area contributed by atoms with Gasteiger partial charge in [0.25, 0.3) is 0 Å². The Bertz CT molecular complexity index is 1850. The third-order valence-electron chi connectivity index (χ3n) is 6.84. The number of nitrogens with two attached hydrogens (primary N) is 1. The number of methoxy groups -OCH3 is 1. The van der Waals surface area contributed by atoms with Crippen LogP contribution in [-0.2, 0) is 6.61 Å². The minimum atomic E-state index is -0.699. The fraction of sp³-hybridized carbons (Fsp3) is 0.152. The van der Waals surface area contributed by atoms with E-state index < -0.39 is 11.9 Å². The molecule has 4 aromatic carbocycles. The Hall–Kier alpha value is -4.26. The van der Waals surface area contributed by atoms with E-state index >= 15 is 0 Å². The molecule has 45 heavy (non-hydrogen) atoms. The summed E-state index contributed by atoms with van der Waals surface area (Å²) in [7, 11) is 1.51. The van der Waals surface area contributed by atoms with Crippen molar-refractivity contribution in [1.82, 2.24) is 0 Å². The molecule has 0 bridgehead atoms. The maximum Gasteiger partial charge on any atom is 0.343 e. The van der Waals surface area contributed by atoms with Crippen LogP contribution in [0.1, 0.15) is 39.9 Å². The van der Waals surface area contributed by atoms with Gasteiger partial charge in [0, 0.05) is 27.2 Å². The standard InChI is InChI=1S/C33H24Cl4N2O6/c1-3-42-31-25(36)10-19(11-26(31)37)33(40)44-21-7-8-22-28(14-21)45-32(39)23(15-38)30(22)17-5-9-27(29(12-17)41-2)43-16-18-4-6-20(34)13-24(18)35/h4-14,30H,3,16,39H2,1-2H3. The smallest absolute Gasteiger partial charge is 0.343 e. The summed E-state index contributed by atoms with van der Waals surface area (Å²) in [4.78, 5) is 12.9. The highest BCUT2D eigenvalue weighted by Crippen LogP contribution is 2.45. The molecule has 230 valence electrons. The first-order chi connectivity index (χ1) is 21.6. The summed E-state index contributed by atoms with van der Waals surface area (Å²) in [6, 6.07) is 20.2. The van der Waals surface area contributed by atoms with Crippen molar-refractivity contribution >= 4 is 52.4 Å². The fourth-order valence-corrected chi connectivity index (χ4v) is 5.80. The number of carbonyl (C=O) groups excluding carboxylic acids is 1. The van der Waals surface area contributed by atoms with Crippen molar-refractivity contribution in [2.24, 2.45) is 5.73 Å². The second-order valence-electron chi connectivity index (χ2n) is 9.65. The topological polar surface area (TPSA) is 113 Å². The molecule has 2 N–H and O–H groups in total. The van der Waals surface area contributed by atoms with Gasteiger partial charge in [0.05, 0.1) is 35.2 Å². The maximum atomic E-state index is 12.9. The average Bonchev–Trinajstić information content (AvgIpc) is 3.01. The van der Waals surface area contributed by atoms with Crippen LogP contribution in [0.4, 0.5) is 0 Å². The number of fused-ring (bicyclic) bond motifs is 1. The van der Waals surface area contributed by atoms with Gasteiger partial charge in [-0.1, -0.05) is 64.6 Å². The van der Waals surface area contributed by atoms with Gasteiger partial charge in [0.2, 0.25) is 5.88 Å². The molecule has 0 radical (unpaired) electrons. The quantitative estimate of drug-likeness (QED) is 0.137. The van der Waals surface area contributed by atoms with Crippen LogP contribution in [0.25, 0.3) is 0 Å². The molecule has 8 nitrogen and oxygen atoms in total. The highest BCUT2D eigenvalue weighted by atomic mass is 35.5. The van der Waals surface area contributed by atoms with Gasteiger partial charge in [-0.25, -0.2) is 4.79 Å². The summed E-state index contributed by atoms with van der Waals surface area (Å²) >= 11 is 24.8. The second-order valence-corrected chi connectivity index (χ2v) is 11.3. The lowest BCUT2D eigenvalue weighted by atomic mass is 9.83. The first-order valence-electron chi connectivity index (χ1n) is 13.4. The summed E-state index contributed by atoms with van der Waals surface area (Å²) in [5.74, 6) is 0.266. The molecule has 0 saturated heterocycles. The summed E-state index contributed by atoms with van der Waals surface area (Å²) in [6.45, 7) is 2.33. The molecular weight excluding hydrogens is 662 g/mol. The van der Waals surface area contributed by atoms with Crippen molar-refractivity contribution in [1.29, 1.82) is 5.26 Å². The second kappa shape index (κ2) is 13.8. The van der Waals surface area contributed by atoms with Gasteiger partial charge in [0.1, 0.15) is 29.7 Å². The average molecular weight is 686 g/mol. The number of hydrogen-bond donors (Lipinski definition) is 1. The molecule has 0 amide bonds. The molecule has 4 aromatic rings. The van der Waals surface area contributed by atoms with Gasteiger partial charge in [-0.05, 0) is 55.0 Å². The lowest BCUT2D eigenvalue weighted by Gasteiger charge is -2.27. The van der Waals surface area contributed by atoms with Crippen LogP contribution < -0.4 is 29.4 Å². The van der Waals surface area contributed by atoms with Crippen LogP contribution >= 0.6 is 46.4 Å². The van der Waals surface area contributed by atoms with Crippen LogP contribution in [0.15, 0.2) is 78.2 Å². The van der Waals surface area contributed by atoms with Gasteiger partial charge >= 0.3 is 5.97 Å². The predicted molar refractivity (Wildman–Crippen MR) is 172 cm³/mol. The molecule has 0 aliphatic carbocycles. The van der Waals surface area contributed by atoms with Crippen molar-refractivity contribution in [2.75, 3.05) is 13.7 Å². The number of ether oxygens (including phenoxy) is 5. The normalized spacial score (nSPS) is 13.8. The van der Waals surface area contributed by atoms with E-state index in [1.165, 1.54) is 25.3 Å². The van der Waals surface area contributed by atoms with Gasteiger partial charge in [-0.3, -0.25) is 0 Å². The number of esters is 1. The largest absolute Gasteiger partial charge is 0.493 e. The number of halogens is 4. The predicted octanol–water partition coefficient (Wildman–Crippen LogP) is 8.72. The summed E-state index contributed by atoms with van der Waals surface area (Å²) in [5.41, 5.74) is 8.58. The Morgan fingerprint density at radius 2 is 1.69 bits per heavy atom. The first kappa shape index (κ1) is 32.1. The van der Waals surface area contributed by atoms with E-state index in [-0.39, 0.29) is 45.2 Å². The molecule has 1 aliphatic rings. The molecule has 1 unspecified atom stereocenters. The van der Waals surface area contributed by atoms with E-state index in [9.17, 15) is 10.1 Å². The van der Waals surface area contributed by atoms with Crippen molar-refractivity contribution in [3.63, 3.8) is 0 Å². The molecule has 0 fully saturated rings. The third-order valence-corrected chi connectivity index (χ3v) is 7.99. The molecule has 12 heteroatoms. The molecule has 1 atom stereocenters. The molecular formula is C33H24Cl4N2O6. The van der Waals surface area contributed by atoms with E-state index in [0.717, 1.165) is 5.56 Å². The van der Waals surface area contributed by atoms with Crippen LogP contribution in [0, 0.1) is 11.3 Å². The van der Waals surface area contributed by atoms with E-state index in [1.54, 1.807) is 55.5 Å². The number of benzene rings is 4. The molecule has 0 saturated carbocycles. The Kier molecular flexibility index (Phi) is 9.86. The van der Waals surface area contributed by atoms with Gasteiger partial charge < -0.3 is 29.4 Å². The number of rotatable bonds is 9. The Labute approximate surface area is 279 Å². The fourth-order valence-electron chi connectivity index (χ4n) is 4.75. The van der Waals surface area contributed by atoms with Crippen molar-refractivity contribution in [2.45, 2.75) is 19.4 Å². The summed E-state index contributed by atoms with van der Waals surface area (Å²) in [5, 5.41) is 11.4. The van der Waals surface area contributed by atoms with Crippen LogP contribution in [0.2, 0.25) is 20.1 Å². The van der Waals surface area contributed by atoms with E-state index in [2.05, 4.69) is 6.07 Å². The molecule has 0 aromatic heterocycles. The van der Waals surface area contributed by atoms with E-state index in [4.69, 9.17) is 75.8 Å². The van der Waals surface area contributed by atoms with Crippen LogP contribution in [-0.4, -0.2) is 19.7 Å². The SMILES string of the molecule is CCOc1c(Cl)cc(C(=O)Oc2ccc3c(c2)OC(N)=C(C#N)C3c2ccc(OCc3ccc(Cl)cc3Cl)c(OC)c2)cc1Cl. The Morgan fingerprint density at radius 1 is 0.933 bits per heavy atom. The van der Waals surface area contributed by atoms with Crippen molar-refractivity contribution in [3.05, 3.63) is 121 Å². The number of hydrogen-bond acceptors (Lipinski definition) is 8. The summed E-state index contributed by atoms with van der Waals surface area (Å²) < 4.78 is 28.4. The monoisotopic (exact) mass is 684 g/mol. The number of nitrogens with zero attached hydrogens (tertiary/aromatic N) is 1. The van der Waals surface area contributed by atoms with Gasteiger partial charge in [-0.2, -0.15) is 5.26 Å². The zero-order valence-corrected chi connectivity index (χ0v) is 26.9. The highest BCUT2D eigenvalue weighted by Gasteiger charge is 2.32. The van der Waals surface area contributed by atoms with E-state index in [0.29, 0.717) is 45.0 Å². The van der Waals surface area contributed by atoms with Crippen molar-refractivity contribution < 1.29 is 28.5 Å². The first-order valence-corrected chi connectivity index (χ1v) is 14.9. The van der Waals surface area contributed by atoms with Crippen LogP contribution in [0.3, 0.4) is 0 Å². The molecule has 1 heterocycles. The maximum absolute atomic E-state index is 12.9. The van der Waals surface area contributed by atoms with Crippen molar-refractivity contribution in [3.8, 4) is 34.8 Å². The highest BCUT2D eigenvalue weighted by molar-refractivity contribution is 6.37. The molecule has 1 aliphatic heterocycles. The van der Waals surface area contributed by atoms with Crippen LogP contribution in [0.5, 0.6) is 28.7 Å². The number of allylic oxidation sites excluding steroid dienone is 1. The Balaban J connectivity index is 1.42. The minimum absolute atomic E-state index is 0.0831. The zero-order valence-electron chi connectivity index (χ0n) is 23.8. The lowest BCUT2D eigenvalue weighted by Crippen LogP contribution is -2.21. The number of carbonyl (C=O) groups is 1. The lowest BCUT2D eigenvalue weighted by molar-refractivity contribution is 0.0734. The number of nitriles is 1. The van der Waals surface area contributed by atoms with E-state index in [1.807, 2.05) is 0 Å². The molecule has 0 spiro atoms. The Morgan fingerprint density at radius 3 is 2.36 bits per heavy atom. The molecule has 5 rings (SSSR count). The minimum Gasteiger partial charge on any atom is -0.493 e. The van der Waals surface area contributed by atoms with Gasteiger partial charge in [0.15, 0.2) is 17.2 Å².